The van der Waals surface area contributed by atoms with Gasteiger partial charge in [-0.1, -0.05) is 15.9 Å². The van der Waals surface area contributed by atoms with Crippen molar-refractivity contribution in [3.8, 4) is 0 Å². The van der Waals surface area contributed by atoms with Gasteiger partial charge in [0.05, 0.1) is 18.8 Å². The maximum atomic E-state index is 12.3. The van der Waals surface area contributed by atoms with Crippen LogP contribution in [0, 0.1) is 6.92 Å². The smallest absolute Gasteiger partial charge is 0.414 e. The van der Waals surface area contributed by atoms with E-state index >= 15 is 0 Å². The number of nitrogens with zero attached hydrogens (tertiary/aromatic N) is 1. The summed E-state index contributed by atoms with van der Waals surface area (Å²) in [4.78, 5) is 26.0. The van der Waals surface area contributed by atoms with Crippen LogP contribution in [-0.2, 0) is 24.1 Å². The molecule has 9 heteroatoms. The number of hydrogen-bond donors (Lipinski definition) is 0. The molecule has 26 heavy (non-hydrogen) atoms. The van der Waals surface area contributed by atoms with Crippen LogP contribution < -0.4 is 4.90 Å². The second-order valence-electron chi connectivity index (χ2n) is 6.47. The molecule has 0 aromatic heterocycles. The lowest BCUT2D eigenvalue weighted by Crippen LogP contribution is -2.47. The Morgan fingerprint density at radius 2 is 2.12 bits per heavy atom. The second kappa shape index (κ2) is 7.56. The molecule has 1 fully saturated rings. The highest BCUT2D eigenvalue weighted by molar-refractivity contribution is 9.10. The normalized spacial score (nSPS) is 19.8. The van der Waals surface area contributed by atoms with Gasteiger partial charge in [-0.3, -0.25) is 9.69 Å². The van der Waals surface area contributed by atoms with E-state index in [0.29, 0.717) is 5.69 Å². The summed E-state index contributed by atoms with van der Waals surface area (Å²) >= 11 is 3.37. The first-order valence-electron chi connectivity index (χ1n) is 8.10. The Morgan fingerprint density at radius 1 is 1.46 bits per heavy atom. The zero-order valence-corrected chi connectivity index (χ0v) is 17.5. The number of cyclic esters (lactones) is 1. The van der Waals surface area contributed by atoms with E-state index in [1.165, 1.54) is 11.8 Å². The molecule has 2 unspecified atom stereocenters. The van der Waals surface area contributed by atoms with Crippen molar-refractivity contribution in [1.82, 2.24) is 0 Å². The second-order valence-corrected chi connectivity index (χ2v) is 9.84. The summed E-state index contributed by atoms with van der Waals surface area (Å²) in [5.41, 5.74) is 1.55. The molecule has 0 bridgehead atoms. The number of anilines is 1. The summed E-state index contributed by atoms with van der Waals surface area (Å²) < 4.78 is 33.8. The van der Waals surface area contributed by atoms with Crippen molar-refractivity contribution in [3.63, 3.8) is 0 Å². The van der Waals surface area contributed by atoms with Gasteiger partial charge in [-0.05, 0) is 44.5 Å². The third-order valence-electron chi connectivity index (χ3n) is 4.47. The van der Waals surface area contributed by atoms with E-state index in [0.717, 1.165) is 16.3 Å². The van der Waals surface area contributed by atoms with E-state index in [2.05, 4.69) is 15.9 Å². The summed E-state index contributed by atoms with van der Waals surface area (Å²) in [5.74, 6) is -0.836. The highest BCUT2D eigenvalue weighted by atomic mass is 79.9. The number of benzene rings is 1. The van der Waals surface area contributed by atoms with Crippen LogP contribution >= 0.6 is 15.9 Å². The van der Waals surface area contributed by atoms with Gasteiger partial charge in [0, 0.05) is 17.1 Å². The van der Waals surface area contributed by atoms with Crippen LogP contribution in [0.15, 0.2) is 22.7 Å². The van der Waals surface area contributed by atoms with E-state index in [1.54, 1.807) is 13.0 Å². The van der Waals surface area contributed by atoms with Crippen LogP contribution in [-0.4, -0.2) is 50.7 Å². The average molecular weight is 448 g/mol. The SMILES string of the molecule is CCOC(=O)C(C)(CC1CN(c2ccc(Br)cc2C)C(=O)O1)S(C)(=O)=O. The van der Waals surface area contributed by atoms with Crippen LogP contribution in [0.4, 0.5) is 10.5 Å². The molecule has 1 amide bonds. The molecule has 0 N–H and O–H groups in total. The van der Waals surface area contributed by atoms with E-state index in [-0.39, 0.29) is 19.6 Å². The van der Waals surface area contributed by atoms with Crippen molar-refractivity contribution in [2.24, 2.45) is 0 Å². The van der Waals surface area contributed by atoms with Crippen molar-refractivity contribution < 1.29 is 27.5 Å². The molecule has 144 valence electrons. The van der Waals surface area contributed by atoms with Gasteiger partial charge in [0.2, 0.25) is 0 Å². The maximum Gasteiger partial charge on any atom is 0.414 e. The highest BCUT2D eigenvalue weighted by Gasteiger charge is 2.49. The molecule has 1 aromatic rings. The van der Waals surface area contributed by atoms with Gasteiger partial charge in [-0.15, -0.1) is 0 Å². The molecule has 1 aliphatic rings. The molecule has 1 saturated heterocycles. The number of rotatable bonds is 6. The molecule has 2 rings (SSSR count). The van der Waals surface area contributed by atoms with Crippen LogP contribution in [0.2, 0.25) is 0 Å². The van der Waals surface area contributed by atoms with Crippen molar-refractivity contribution >= 4 is 43.5 Å². The molecule has 0 spiro atoms. The largest absolute Gasteiger partial charge is 0.465 e. The predicted octanol–water partition coefficient (Wildman–Crippen LogP) is 2.84. The maximum absolute atomic E-state index is 12.3. The molecular weight excluding hydrogens is 426 g/mol. The van der Waals surface area contributed by atoms with Crippen LogP contribution in [0.3, 0.4) is 0 Å². The Balaban J connectivity index is 2.25. The van der Waals surface area contributed by atoms with E-state index < -0.39 is 32.8 Å². The van der Waals surface area contributed by atoms with Crippen LogP contribution in [0.25, 0.3) is 0 Å². The number of hydrogen-bond acceptors (Lipinski definition) is 6. The third-order valence-corrected chi connectivity index (χ3v) is 6.93. The Bertz CT molecular complexity index is 825. The lowest BCUT2D eigenvalue weighted by atomic mass is 10.0. The van der Waals surface area contributed by atoms with Gasteiger partial charge < -0.3 is 9.47 Å². The van der Waals surface area contributed by atoms with Gasteiger partial charge in [0.25, 0.3) is 0 Å². The number of carbonyl (C=O) groups is 2. The summed E-state index contributed by atoms with van der Waals surface area (Å²) in [6.45, 7) is 5.00. The Kier molecular flexibility index (Phi) is 6.02. The summed E-state index contributed by atoms with van der Waals surface area (Å²) in [5, 5.41) is 0. The molecule has 0 saturated carbocycles. The van der Waals surface area contributed by atoms with Crippen molar-refractivity contribution in [2.75, 3.05) is 24.3 Å². The number of halogens is 1. The van der Waals surface area contributed by atoms with Crippen molar-refractivity contribution in [3.05, 3.63) is 28.2 Å². The minimum absolute atomic E-state index is 0.0681. The summed E-state index contributed by atoms with van der Waals surface area (Å²) in [7, 11) is -3.78. The quantitative estimate of drug-likeness (QED) is 0.622. The number of sulfone groups is 1. The number of ether oxygens (including phenoxy) is 2. The van der Waals surface area contributed by atoms with Crippen LogP contribution in [0.1, 0.15) is 25.8 Å². The molecule has 0 aliphatic carbocycles. The standard InChI is InChI=1S/C17H22BrNO6S/c1-5-24-15(20)17(3,26(4,22)23)9-13-10-19(16(21)25-13)14-7-6-12(18)8-11(14)2/h6-8,13H,5,9-10H2,1-4H3. The number of amides is 1. The third kappa shape index (κ3) is 4.03. The first-order valence-corrected chi connectivity index (χ1v) is 10.8. The Morgan fingerprint density at radius 3 is 2.65 bits per heavy atom. The number of carbonyl (C=O) groups excluding carboxylic acids is 2. The average Bonchev–Trinajstić information content (AvgIpc) is 2.86. The molecule has 1 aliphatic heterocycles. The van der Waals surface area contributed by atoms with Gasteiger partial charge in [-0.25, -0.2) is 13.2 Å². The van der Waals surface area contributed by atoms with Gasteiger partial charge in [-0.2, -0.15) is 0 Å². The molecular formula is C17H22BrNO6S. The Hall–Kier alpha value is -1.61. The monoisotopic (exact) mass is 447 g/mol. The fourth-order valence-corrected chi connectivity index (χ4v) is 4.18. The number of aryl methyl sites for hydroxylation is 1. The molecule has 0 radical (unpaired) electrons. The first kappa shape index (κ1) is 20.7. The first-order chi connectivity index (χ1) is 12.0. The molecule has 1 heterocycles. The topological polar surface area (TPSA) is 90.0 Å². The number of esters is 1. The highest BCUT2D eigenvalue weighted by Crippen LogP contribution is 2.32. The van der Waals surface area contributed by atoms with E-state index in [9.17, 15) is 18.0 Å². The lowest BCUT2D eigenvalue weighted by Gasteiger charge is -2.27. The van der Waals surface area contributed by atoms with Gasteiger partial charge >= 0.3 is 12.1 Å². The minimum atomic E-state index is -3.78. The fraction of sp³-hybridized carbons (Fsp3) is 0.529. The van der Waals surface area contributed by atoms with E-state index in [1.807, 2.05) is 19.1 Å². The predicted molar refractivity (Wildman–Crippen MR) is 101 cm³/mol. The molecule has 2 atom stereocenters. The lowest BCUT2D eigenvalue weighted by molar-refractivity contribution is -0.146. The van der Waals surface area contributed by atoms with Gasteiger partial charge in [0.15, 0.2) is 14.6 Å². The Labute approximate surface area is 161 Å². The van der Waals surface area contributed by atoms with Crippen molar-refractivity contribution in [2.45, 2.75) is 38.0 Å². The van der Waals surface area contributed by atoms with Crippen LogP contribution in [0.5, 0.6) is 0 Å². The van der Waals surface area contributed by atoms with Gasteiger partial charge in [0.1, 0.15) is 6.10 Å². The van der Waals surface area contributed by atoms with Crippen molar-refractivity contribution in [1.29, 1.82) is 0 Å². The molecule has 7 nitrogen and oxygen atoms in total. The summed E-state index contributed by atoms with van der Waals surface area (Å²) in [6, 6.07) is 5.46. The zero-order chi connectivity index (χ0) is 19.7. The minimum Gasteiger partial charge on any atom is -0.465 e. The van der Waals surface area contributed by atoms with E-state index in [4.69, 9.17) is 9.47 Å². The molecule has 1 aromatic carbocycles. The summed E-state index contributed by atoms with van der Waals surface area (Å²) in [6.07, 6.45) is -0.491. The zero-order valence-electron chi connectivity index (χ0n) is 15.1. The fourth-order valence-electron chi connectivity index (χ4n) is 2.85.